The van der Waals surface area contributed by atoms with Crippen molar-refractivity contribution in [1.29, 1.82) is 0 Å². The smallest absolute Gasteiger partial charge is 0.382 e. The molecule has 0 radical (unpaired) electrons. The highest BCUT2D eigenvalue weighted by molar-refractivity contribution is 6.05. The van der Waals surface area contributed by atoms with Gasteiger partial charge in [0.25, 0.3) is 5.91 Å². The predicted molar refractivity (Wildman–Crippen MR) is 131 cm³/mol. The minimum absolute atomic E-state index is 0.0439. The van der Waals surface area contributed by atoms with Crippen molar-refractivity contribution in [3.8, 4) is 11.3 Å². The topological polar surface area (TPSA) is 116 Å². The van der Waals surface area contributed by atoms with E-state index in [1.54, 1.807) is 29.8 Å². The SMILES string of the molecule is Cc1ncc(-c2cc(C(F)(F)F)c3c(N)ncnn23)cc1C(=O)Nc1cc(C)n(Cc2ccc(F)cc2)n1. The van der Waals surface area contributed by atoms with Crippen LogP contribution in [0.25, 0.3) is 16.8 Å². The fraction of sp³-hybridized carbons (Fsp3) is 0.160. The van der Waals surface area contributed by atoms with Crippen molar-refractivity contribution in [2.24, 2.45) is 0 Å². The predicted octanol–water partition coefficient (Wildman–Crippen LogP) is 4.65. The van der Waals surface area contributed by atoms with Crippen molar-refractivity contribution in [3.05, 3.63) is 88.9 Å². The molecule has 0 spiro atoms. The van der Waals surface area contributed by atoms with Crippen LogP contribution in [-0.4, -0.2) is 35.3 Å². The maximum Gasteiger partial charge on any atom is 0.418 e. The van der Waals surface area contributed by atoms with Gasteiger partial charge in [-0.3, -0.25) is 14.5 Å². The molecule has 0 aliphatic heterocycles. The number of nitrogens with one attached hydrogen (secondary N) is 1. The van der Waals surface area contributed by atoms with Crippen LogP contribution in [0.1, 0.15) is 32.9 Å². The minimum atomic E-state index is -4.70. The number of halogens is 4. The lowest BCUT2D eigenvalue weighted by Gasteiger charge is -2.08. The summed E-state index contributed by atoms with van der Waals surface area (Å²) in [6.07, 6.45) is -2.30. The van der Waals surface area contributed by atoms with E-state index in [1.165, 1.54) is 24.4 Å². The average Bonchev–Trinajstić information content (AvgIpc) is 3.42. The van der Waals surface area contributed by atoms with Gasteiger partial charge in [-0.05, 0) is 43.7 Å². The normalized spacial score (nSPS) is 11.7. The number of carbonyl (C=O) groups excluding carboxylic acids is 1. The minimum Gasteiger partial charge on any atom is -0.382 e. The highest BCUT2D eigenvalue weighted by Crippen LogP contribution is 2.38. The summed E-state index contributed by atoms with van der Waals surface area (Å²) in [6.45, 7) is 3.78. The lowest BCUT2D eigenvalue weighted by Crippen LogP contribution is -2.15. The van der Waals surface area contributed by atoms with Crippen molar-refractivity contribution in [2.45, 2.75) is 26.6 Å². The van der Waals surface area contributed by atoms with E-state index >= 15 is 0 Å². The van der Waals surface area contributed by atoms with Crippen molar-refractivity contribution in [3.63, 3.8) is 0 Å². The zero-order valence-corrected chi connectivity index (χ0v) is 20.1. The van der Waals surface area contributed by atoms with Crippen molar-refractivity contribution in [1.82, 2.24) is 29.4 Å². The van der Waals surface area contributed by atoms with Gasteiger partial charge < -0.3 is 11.1 Å². The third kappa shape index (κ3) is 4.65. The molecule has 1 amide bonds. The first kappa shape index (κ1) is 24.9. The van der Waals surface area contributed by atoms with Crippen molar-refractivity contribution in [2.75, 3.05) is 11.1 Å². The van der Waals surface area contributed by atoms with E-state index in [1.807, 2.05) is 6.92 Å². The molecule has 9 nitrogen and oxygen atoms in total. The summed E-state index contributed by atoms with van der Waals surface area (Å²) in [7, 11) is 0. The summed E-state index contributed by atoms with van der Waals surface area (Å²) in [5.41, 5.74) is 6.69. The molecule has 13 heteroatoms. The maximum absolute atomic E-state index is 13.7. The van der Waals surface area contributed by atoms with E-state index in [2.05, 4.69) is 25.5 Å². The molecular weight excluding hydrogens is 504 g/mol. The first-order valence-corrected chi connectivity index (χ1v) is 11.3. The summed E-state index contributed by atoms with van der Waals surface area (Å²) in [5, 5.41) is 11.0. The monoisotopic (exact) mass is 524 g/mol. The number of aryl methyl sites for hydroxylation is 2. The molecule has 4 heterocycles. The number of aromatic nitrogens is 6. The summed E-state index contributed by atoms with van der Waals surface area (Å²) in [6, 6.07) is 9.99. The Bertz CT molecular complexity index is 1670. The summed E-state index contributed by atoms with van der Waals surface area (Å²) < 4.78 is 57.0. The van der Waals surface area contributed by atoms with Gasteiger partial charge in [-0.1, -0.05) is 12.1 Å². The standard InChI is InChI=1S/C25H20F4N8O/c1-13-7-21(35-36(13)11-15-3-5-17(26)6-4-15)34-24(38)18-8-16(10-31-14(18)2)20-9-19(25(27,28)29)22-23(30)32-12-33-37(20)22/h3-10,12H,11H2,1-2H3,(H2,30,32,33)(H,34,35,38). The number of pyridine rings is 1. The van der Waals surface area contributed by atoms with Gasteiger partial charge in [-0.15, -0.1) is 0 Å². The number of nitrogens with zero attached hydrogens (tertiary/aromatic N) is 6. The zero-order chi connectivity index (χ0) is 27.2. The highest BCUT2D eigenvalue weighted by atomic mass is 19.4. The Balaban J connectivity index is 1.46. The van der Waals surface area contributed by atoms with Gasteiger partial charge in [-0.2, -0.15) is 23.4 Å². The number of nitrogen functional groups attached to an aromatic ring is 1. The Morgan fingerprint density at radius 1 is 1.08 bits per heavy atom. The van der Waals surface area contributed by atoms with E-state index in [-0.39, 0.29) is 39.8 Å². The molecule has 1 aromatic carbocycles. The van der Waals surface area contributed by atoms with Gasteiger partial charge in [0, 0.05) is 23.5 Å². The number of fused-ring (bicyclic) bond motifs is 1. The molecule has 3 N–H and O–H groups in total. The van der Waals surface area contributed by atoms with Crippen LogP contribution in [0.15, 0.2) is 55.0 Å². The Labute approximate surface area is 212 Å². The van der Waals surface area contributed by atoms with Gasteiger partial charge in [0.1, 0.15) is 17.7 Å². The summed E-state index contributed by atoms with van der Waals surface area (Å²) in [5.74, 6) is -0.950. The Morgan fingerprint density at radius 3 is 2.53 bits per heavy atom. The highest BCUT2D eigenvalue weighted by Gasteiger charge is 2.36. The summed E-state index contributed by atoms with van der Waals surface area (Å²) in [4.78, 5) is 21.0. The first-order chi connectivity index (χ1) is 18.0. The molecule has 0 fully saturated rings. The van der Waals surface area contributed by atoms with Crippen LogP contribution in [-0.2, 0) is 12.7 Å². The molecular formula is C25H20F4N8O. The molecule has 0 aliphatic carbocycles. The van der Waals surface area contributed by atoms with E-state index in [9.17, 15) is 22.4 Å². The number of rotatable bonds is 5. The third-order valence-corrected chi connectivity index (χ3v) is 5.98. The number of carbonyl (C=O) groups is 1. The lowest BCUT2D eigenvalue weighted by molar-refractivity contribution is -0.136. The maximum atomic E-state index is 13.7. The molecule has 38 heavy (non-hydrogen) atoms. The molecule has 4 aromatic heterocycles. The molecule has 0 bridgehead atoms. The molecule has 0 saturated carbocycles. The second-order valence-electron chi connectivity index (χ2n) is 8.61. The summed E-state index contributed by atoms with van der Waals surface area (Å²) >= 11 is 0. The number of nitrogens with two attached hydrogens (primary N) is 1. The average molecular weight is 524 g/mol. The van der Waals surface area contributed by atoms with E-state index in [4.69, 9.17) is 5.73 Å². The number of anilines is 2. The molecule has 0 unspecified atom stereocenters. The van der Waals surface area contributed by atoms with Crippen LogP contribution < -0.4 is 11.1 Å². The third-order valence-electron chi connectivity index (χ3n) is 5.98. The van der Waals surface area contributed by atoms with Crippen molar-refractivity contribution < 1.29 is 22.4 Å². The number of benzene rings is 1. The van der Waals surface area contributed by atoms with Crippen molar-refractivity contribution >= 4 is 23.1 Å². The zero-order valence-electron chi connectivity index (χ0n) is 20.1. The Hall–Kier alpha value is -4.81. The number of hydrogen-bond donors (Lipinski definition) is 2. The van der Waals surface area contributed by atoms with Gasteiger partial charge in [0.2, 0.25) is 0 Å². The molecule has 0 aliphatic rings. The molecule has 5 aromatic rings. The fourth-order valence-corrected chi connectivity index (χ4v) is 4.07. The van der Waals surface area contributed by atoms with Crippen LogP contribution in [0.2, 0.25) is 0 Å². The Morgan fingerprint density at radius 2 is 1.82 bits per heavy atom. The molecule has 5 rings (SSSR count). The van der Waals surface area contributed by atoms with Gasteiger partial charge >= 0.3 is 6.18 Å². The number of amides is 1. The number of hydrogen-bond acceptors (Lipinski definition) is 6. The Kier molecular flexibility index (Phi) is 6.05. The van der Waals surface area contributed by atoms with Crippen LogP contribution in [0, 0.1) is 19.7 Å². The van der Waals surface area contributed by atoms with Crippen LogP contribution >= 0.6 is 0 Å². The molecule has 0 saturated heterocycles. The largest absolute Gasteiger partial charge is 0.418 e. The van der Waals surface area contributed by atoms with Crippen LogP contribution in [0.5, 0.6) is 0 Å². The van der Waals surface area contributed by atoms with Gasteiger partial charge in [0.15, 0.2) is 11.6 Å². The molecule has 194 valence electrons. The van der Waals surface area contributed by atoms with E-state index in [0.29, 0.717) is 12.2 Å². The lowest BCUT2D eigenvalue weighted by atomic mass is 10.1. The fourth-order valence-electron chi connectivity index (χ4n) is 4.07. The van der Waals surface area contributed by atoms with Crippen LogP contribution in [0.4, 0.5) is 29.2 Å². The van der Waals surface area contributed by atoms with Crippen LogP contribution in [0.3, 0.4) is 0 Å². The second kappa shape index (κ2) is 9.25. The van der Waals surface area contributed by atoms with Gasteiger partial charge in [0.05, 0.1) is 29.1 Å². The van der Waals surface area contributed by atoms with E-state index < -0.39 is 17.6 Å². The van der Waals surface area contributed by atoms with E-state index in [0.717, 1.165) is 28.2 Å². The first-order valence-electron chi connectivity index (χ1n) is 11.3. The quantitative estimate of drug-likeness (QED) is 0.324. The molecule has 0 atom stereocenters. The number of alkyl halides is 3. The van der Waals surface area contributed by atoms with Gasteiger partial charge in [-0.25, -0.2) is 13.9 Å². The second-order valence-corrected chi connectivity index (χ2v) is 8.61.